The van der Waals surface area contributed by atoms with Crippen molar-refractivity contribution in [2.24, 2.45) is 0 Å². The molecule has 120 valence electrons. The fraction of sp³-hybridized carbons (Fsp3) is 0.176. The number of carboxylic acids is 1. The predicted molar refractivity (Wildman–Crippen MR) is 77.3 cm³/mol. The zero-order valence-electron chi connectivity index (χ0n) is 11.9. The molecule has 2 aromatic carbocycles. The molecule has 0 fully saturated rings. The van der Waals surface area contributed by atoms with Gasteiger partial charge in [-0.2, -0.15) is 13.2 Å². The van der Waals surface area contributed by atoms with E-state index >= 15 is 0 Å². The van der Waals surface area contributed by atoms with Gasteiger partial charge in [-0.15, -0.1) is 0 Å². The van der Waals surface area contributed by atoms with Crippen molar-refractivity contribution in [3.05, 3.63) is 70.8 Å². The molecule has 0 bridgehead atoms. The van der Waals surface area contributed by atoms with E-state index in [0.717, 1.165) is 12.1 Å². The smallest absolute Gasteiger partial charge is 0.416 e. The Bertz CT molecular complexity index is 736. The third kappa shape index (κ3) is 4.42. The van der Waals surface area contributed by atoms with E-state index < -0.39 is 17.7 Å². The highest BCUT2D eigenvalue weighted by atomic mass is 19.4. The maximum Gasteiger partial charge on any atom is 0.416 e. The average Bonchev–Trinajstić information content (AvgIpc) is 2.46. The first-order chi connectivity index (χ1) is 10.8. The van der Waals surface area contributed by atoms with Crippen molar-refractivity contribution in [2.45, 2.75) is 19.0 Å². The monoisotopic (exact) mass is 322 g/mol. The number of hydrogen-bond acceptors (Lipinski definition) is 2. The van der Waals surface area contributed by atoms with E-state index in [4.69, 9.17) is 5.11 Å². The molecule has 0 aliphatic carbocycles. The molecule has 0 amide bonds. The van der Waals surface area contributed by atoms with Crippen molar-refractivity contribution >= 4 is 11.8 Å². The molecular formula is C17H13F3O3. The summed E-state index contributed by atoms with van der Waals surface area (Å²) < 4.78 is 37.9. The molecule has 0 radical (unpaired) electrons. The number of carboxylic acid groups (broad SMARTS) is 1. The van der Waals surface area contributed by atoms with E-state index in [2.05, 4.69) is 0 Å². The zero-order valence-corrected chi connectivity index (χ0v) is 11.9. The zero-order chi connectivity index (χ0) is 17.0. The number of ketones is 1. The molecule has 0 atom stereocenters. The Kier molecular flexibility index (Phi) is 4.83. The molecule has 0 saturated carbocycles. The van der Waals surface area contributed by atoms with E-state index in [9.17, 15) is 22.8 Å². The number of halogens is 3. The largest absolute Gasteiger partial charge is 0.478 e. The first-order valence-corrected chi connectivity index (χ1v) is 6.76. The first kappa shape index (κ1) is 16.7. The summed E-state index contributed by atoms with van der Waals surface area (Å²) in [5.74, 6) is -1.49. The van der Waals surface area contributed by atoms with Crippen LogP contribution in [0.2, 0.25) is 0 Å². The van der Waals surface area contributed by atoms with Gasteiger partial charge in [-0.1, -0.05) is 36.4 Å². The second-order valence-corrected chi connectivity index (χ2v) is 5.05. The highest BCUT2D eigenvalue weighted by Crippen LogP contribution is 2.29. The molecular weight excluding hydrogens is 309 g/mol. The van der Waals surface area contributed by atoms with Crippen LogP contribution < -0.4 is 0 Å². The quantitative estimate of drug-likeness (QED) is 0.912. The van der Waals surface area contributed by atoms with Gasteiger partial charge >= 0.3 is 12.1 Å². The van der Waals surface area contributed by atoms with Crippen LogP contribution in [0.1, 0.15) is 27.0 Å². The topological polar surface area (TPSA) is 54.4 Å². The van der Waals surface area contributed by atoms with Gasteiger partial charge in [0, 0.05) is 12.8 Å². The van der Waals surface area contributed by atoms with Gasteiger partial charge < -0.3 is 5.11 Å². The number of aromatic carboxylic acids is 1. The van der Waals surface area contributed by atoms with Crippen molar-refractivity contribution < 1.29 is 27.9 Å². The Balaban J connectivity index is 2.13. The van der Waals surface area contributed by atoms with Crippen LogP contribution in [0.5, 0.6) is 0 Å². The lowest BCUT2D eigenvalue weighted by molar-refractivity contribution is -0.137. The molecule has 0 spiro atoms. The summed E-state index contributed by atoms with van der Waals surface area (Å²) in [5.41, 5.74) is -0.201. The minimum atomic E-state index is -4.46. The summed E-state index contributed by atoms with van der Waals surface area (Å²) >= 11 is 0. The summed E-state index contributed by atoms with van der Waals surface area (Å²) in [7, 11) is 0. The number of carbonyl (C=O) groups is 2. The minimum Gasteiger partial charge on any atom is -0.478 e. The van der Waals surface area contributed by atoms with Crippen LogP contribution >= 0.6 is 0 Å². The minimum absolute atomic E-state index is 0.0184. The normalized spacial score (nSPS) is 11.3. The summed E-state index contributed by atoms with van der Waals surface area (Å²) in [6.45, 7) is 0. The van der Waals surface area contributed by atoms with Crippen molar-refractivity contribution in [2.75, 3.05) is 0 Å². The number of carbonyl (C=O) groups excluding carboxylic acids is 1. The molecule has 23 heavy (non-hydrogen) atoms. The van der Waals surface area contributed by atoms with Crippen LogP contribution in [-0.2, 0) is 23.8 Å². The predicted octanol–water partition coefficient (Wildman–Crippen LogP) is 3.76. The number of alkyl halides is 3. The number of rotatable bonds is 5. The molecule has 0 saturated heterocycles. The van der Waals surface area contributed by atoms with Gasteiger partial charge in [0.15, 0.2) is 0 Å². The van der Waals surface area contributed by atoms with Gasteiger partial charge in [0.25, 0.3) is 0 Å². The number of benzene rings is 2. The molecule has 2 rings (SSSR count). The van der Waals surface area contributed by atoms with Crippen LogP contribution in [0.15, 0.2) is 48.5 Å². The second-order valence-electron chi connectivity index (χ2n) is 5.05. The third-order valence-electron chi connectivity index (χ3n) is 3.29. The lowest BCUT2D eigenvalue weighted by Crippen LogP contribution is -2.11. The maximum absolute atomic E-state index is 12.6. The van der Waals surface area contributed by atoms with Gasteiger partial charge in [0.05, 0.1) is 11.1 Å². The SMILES string of the molecule is O=C(Cc1cccc(C(F)(F)F)c1)Cc1ccccc1C(=O)O. The van der Waals surface area contributed by atoms with Gasteiger partial charge in [0.2, 0.25) is 0 Å². The van der Waals surface area contributed by atoms with E-state index in [-0.39, 0.29) is 29.8 Å². The van der Waals surface area contributed by atoms with Crippen LogP contribution in [0.4, 0.5) is 13.2 Å². The number of hydrogen-bond donors (Lipinski definition) is 1. The fourth-order valence-corrected chi connectivity index (χ4v) is 2.24. The van der Waals surface area contributed by atoms with Gasteiger partial charge in [-0.05, 0) is 23.3 Å². The summed E-state index contributed by atoms with van der Waals surface area (Å²) in [5, 5.41) is 9.06. The standard InChI is InChI=1S/C17H13F3O3/c18-17(19,20)13-6-3-4-11(8-13)9-14(21)10-12-5-1-2-7-15(12)16(22)23/h1-8H,9-10H2,(H,22,23). The van der Waals surface area contributed by atoms with E-state index in [1.165, 1.54) is 24.3 Å². The van der Waals surface area contributed by atoms with Crippen molar-refractivity contribution in [3.63, 3.8) is 0 Å². The highest BCUT2D eigenvalue weighted by molar-refractivity contribution is 5.92. The van der Waals surface area contributed by atoms with Crippen LogP contribution in [-0.4, -0.2) is 16.9 Å². The van der Waals surface area contributed by atoms with Gasteiger partial charge in [-0.3, -0.25) is 4.79 Å². The van der Waals surface area contributed by atoms with E-state index in [0.29, 0.717) is 5.56 Å². The molecule has 0 heterocycles. The van der Waals surface area contributed by atoms with Crippen LogP contribution in [0.25, 0.3) is 0 Å². The maximum atomic E-state index is 12.6. The Morgan fingerprint density at radius 1 is 0.957 bits per heavy atom. The van der Waals surface area contributed by atoms with E-state index in [1.807, 2.05) is 0 Å². The number of Topliss-reactive ketones (excluding diaryl/α,β-unsaturated/α-hetero) is 1. The Morgan fingerprint density at radius 3 is 2.30 bits per heavy atom. The molecule has 0 aliphatic heterocycles. The third-order valence-corrected chi connectivity index (χ3v) is 3.29. The van der Waals surface area contributed by atoms with E-state index in [1.54, 1.807) is 12.1 Å². The first-order valence-electron chi connectivity index (χ1n) is 6.76. The second kappa shape index (κ2) is 6.64. The Labute approximate surface area is 130 Å². The van der Waals surface area contributed by atoms with Gasteiger partial charge in [-0.25, -0.2) is 4.79 Å². The molecule has 0 aliphatic rings. The Morgan fingerprint density at radius 2 is 1.65 bits per heavy atom. The molecule has 2 aromatic rings. The molecule has 3 nitrogen and oxygen atoms in total. The lowest BCUT2D eigenvalue weighted by atomic mass is 9.98. The highest BCUT2D eigenvalue weighted by Gasteiger charge is 2.30. The van der Waals surface area contributed by atoms with Crippen molar-refractivity contribution in [1.82, 2.24) is 0 Å². The van der Waals surface area contributed by atoms with Crippen LogP contribution in [0, 0.1) is 0 Å². The lowest BCUT2D eigenvalue weighted by Gasteiger charge is -2.09. The molecule has 6 heteroatoms. The van der Waals surface area contributed by atoms with Crippen LogP contribution in [0.3, 0.4) is 0 Å². The van der Waals surface area contributed by atoms with Crippen molar-refractivity contribution in [3.8, 4) is 0 Å². The average molecular weight is 322 g/mol. The molecule has 0 unspecified atom stereocenters. The summed E-state index contributed by atoms with van der Waals surface area (Å²) in [6, 6.07) is 10.6. The van der Waals surface area contributed by atoms with Crippen molar-refractivity contribution in [1.29, 1.82) is 0 Å². The van der Waals surface area contributed by atoms with Gasteiger partial charge in [0.1, 0.15) is 5.78 Å². The molecule has 0 aromatic heterocycles. The fourth-order valence-electron chi connectivity index (χ4n) is 2.24. The summed E-state index contributed by atoms with van der Waals surface area (Å²) in [4.78, 5) is 23.1. The summed E-state index contributed by atoms with van der Waals surface area (Å²) in [6.07, 6.45) is -4.79. The Hall–Kier alpha value is -2.63. The molecule has 1 N–H and O–H groups in total.